The van der Waals surface area contributed by atoms with Crippen molar-refractivity contribution in [3.05, 3.63) is 71.0 Å². The molecule has 1 atom stereocenters. The van der Waals surface area contributed by atoms with E-state index in [0.29, 0.717) is 5.56 Å². The number of benzene rings is 2. The summed E-state index contributed by atoms with van der Waals surface area (Å²) in [5.74, 6) is -0.212. The van der Waals surface area contributed by atoms with Crippen LogP contribution in [0.1, 0.15) is 29.7 Å². The van der Waals surface area contributed by atoms with E-state index in [1.54, 1.807) is 0 Å². The number of nitriles is 1. The van der Waals surface area contributed by atoms with E-state index in [9.17, 15) is 4.39 Å². The van der Waals surface area contributed by atoms with Gasteiger partial charge in [0.1, 0.15) is 5.82 Å². The Bertz CT molecular complexity index is 596. The Morgan fingerprint density at radius 3 is 2.25 bits per heavy atom. The predicted molar refractivity (Wildman–Crippen MR) is 77.4 cm³/mol. The van der Waals surface area contributed by atoms with Crippen LogP contribution in [0.25, 0.3) is 0 Å². The van der Waals surface area contributed by atoms with Gasteiger partial charge in [-0.1, -0.05) is 24.3 Å². The van der Waals surface area contributed by atoms with Gasteiger partial charge in [0.25, 0.3) is 0 Å². The zero-order valence-electron chi connectivity index (χ0n) is 11.7. The van der Waals surface area contributed by atoms with E-state index in [4.69, 9.17) is 5.26 Å². The van der Waals surface area contributed by atoms with Gasteiger partial charge in [0.05, 0.1) is 11.6 Å². The van der Waals surface area contributed by atoms with Gasteiger partial charge in [0, 0.05) is 12.6 Å². The lowest BCUT2D eigenvalue weighted by Crippen LogP contribution is -2.21. The van der Waals surface area contributed by atoms with Crippen LogP contribution >= 0.6 is 0 Å². The first-order chi connectivity index (χ1) is 9.60. The highest BCUT2D eigenvalue weighted by Crippen LogP contribution is 2.21. The van der Waals surface area contributed by atoms with E-state index >= 15 is 0 Å². The molecule has 0 saturated heterocycles. The van der Waals surface area contributed by atoms with Gasteiger partial charge in [-0.05, 0) is 49.4 Å². The lowest BCUT2D eigenvalue weighted by atomic mass is 10.1. The summed E-state index contributed by atoms with van der Waals surface area (Å²) in [4.78, 5) is 2.19. The van der Waals surface area contributed by atoms with E-state index in [2.05, 4.69) is 17.9 Å². The number of hydrogen-bond donors (Lipinski definition) is 0. The Kier molecular flexibility index (Phi) is 4.49. The standard InChI is InChI=1S/C17H17FN2/c1-13(16-7-9-17(18)10-8-16)20(2)12-15-5-3-14(11-19)4-6-15/h3-10,13H,12H2,1-2H3. The maximum Gasteiger partial charge on any atom is 0.123 e. The van der Waals surface area contributed by atoms with Crippen LogP contribution in [-0.4, -0.2) is 11.9 Å². The van der Waals surface area contributed by atoms with Gasteiger partial charge in [-0.2, -0.15) is 5.26 Å². The minimum absolute atomic E-state index is 0.200. The normalized spacial score (nSPS) is 12.2. The van der Waals surface area contributed by atoms with Gasteiger partial charge in [0.2, 0.25) is 0 Å². The van der Waals surface area contributed by atoms with Crippen molar-refractivity contribution in [1.29, 1.82) is 5.26 Å². The van der Waals surface area contributed by atoms with Crippen LogP contribution in [-0.2, 0) is 6.54 Å². The van der Waals surface area contributed by atoms with Gasteiger partial charge >= 0.3 is 0 Å². The summed E-state index contributed by atoms with van der Waals surface area (Å²) in [5, 5.41) is 8.78. The molecule has 0 saturated carbocycles. The molecular formula is C17H17FN2. The van der Waals surface area contributed by atoms with Crippen LogP contribution in [0, 0.1) is 17.1 Å². The molecule has 0 N–H and O–H groups in total. The molecular weight excluding hydrogens is 251 g/mol. The van der Waals surface area contributed by atoms with Gasteiger partial charge in [0.15, 0.2) is 0 Å². The molecule has 2 nitrogen and oxygen atoms in total. The third-order valence-electron chi connectivity index (χ3n) is 3.53. The summed E-state index contributed by atoms with van der Waals surface area (Å²) < 4.78 is 12.9. The van der Waals surface area contributed by atoms with Crippen molar-refractivity contribution in [2.45, 2.75) is 19.5 Å². The molecule has 0 aromatic heterocycles. The zero-order chi connectivity index (χ0) is 14.5. The smallest absolute Gasteiger partial charge is 0.123 e. The third kappa shape index (κ3) is 3.43. The fourth-order valence-electron chi connectivity index (χ4n) is 2.11. The molecule has 0 spiro atoms. The Balaban J connectivity index is 2.05. The monoisotopic (exact) mass is 268 g/mol. The largest absolute Gasteiger partial charge is 0.295 e. The Morgan fingerprint density at radius 2 is 1.70 bits per heavy atom. The molecule has 3 heteroatoms. The first-order valence-electron chi connectivity index (χ1n) is 6.55. The summed E-state index contributed by atoms with van der Waals surface area (Å²) in [6, 6.07) is 16.5. The zero-order valence-corrected chi connectivity index (χ0v) is 11.7. The molecule has 102 valence electrons. The third-order valence-corrected chi connectivity index (χ3v) is 3.53. The van der Waals surface area contributed by atoms with Crippen molar-refractivity contribution in [2.24, 2.45) is 0 Å². The maximum absolute atomic E-state index is 12.9. The molecule has 0 aliphatic heterocycles. The summed E-state index contributed by atoms with van der Waals surface area (Å²) in [5.41, 5.74) is 2.91. The SMILES string of the molecule is CC(c1ccc(F)cc1)N(C)Cc1ccc(C#N)cc1. The molecule has 0 aliphatic rings. The molecule has 2 aromatic carbocycles. The predicted octanol–water partition coefficient (Wildman–Crippen LogP) is 3.89. The van der Waals surface area contributed by atoms with Crippen molar-refractivity contribution in [1.82, 2.24) is 4.90 Å². The van der Waals surface area contributed by atoms with E-state index in [1.165, 1.54) is 12.1 Å². The summed E-state index contributed by atoms with van der Waals surface area (Å²) in [6.45, 7) is 2.88. The molecule has 2 aromatic rings. The molecule has 1 unspecified atom stereocenters. The van der Waals surface area contributed by atoms with Crippen LogP contribution in [0.3, 0.4) is 0 Å². The van der Waals surface area contributed by atoms with Crippen LogP contribution in [0.15, 0.2) is 48.5 Å². The van der Waals surface area contributed by atoms with Crippen molar-refractivity contribution in [3.63, 3.8) is 0 Å². The Morgan fingerprint density at radius 1 is 1.10 bits per heavy atom. The number of nitrogens with zero attached hydrogens (tertiary/aromatic N) is 2. The average molecular weight is 268 g/mol. The highest BCUT2D eigenvalue weighted by atomic mass is 19.1. The maximum atomic E-state index is 12.9. The molecule has 0 bridgehead atoms. The van der Waals surface area contributed by atoms with Gasteiger partial charge in [-0.15, -0.1) is 0 Å². The fraction of sp³-hybridized carbons (Fsp3) is 0.235. The van der Waals surface area contributed by atoms with Gasteiger partial charge in [-0.3, -0.25) is 4.90 Å². The second-order valence-corrected chi connectivity index (χ2v) is 4.95. The summed E-state index contributed by atoms with van der Waals surface area (Å²) in [6.07, 6.45) is 0. The molecule has 20 heavy (non-hydrogen) atoms. The molecule has 2 rings (SSSR count). The molecule has 0 amide bonds. The van der Waals surface area contributed by atoms with E-state index in [-0.39, 0.29) is 11.9 Å². The Labute approximate surface area is 119 Å². The lowest BCUT2D eigenvalue weighted by Gasteiger charge is -2.25. The molecule has 0 aliphatic carbocycles. The van der Waals surface area contributed by atoms with Crippen molar-refractivity contribution < 1.29 is 4.39 Å². The average Bonchev–Trinajstić information content (AvgIpc) is 2.48. The first kappa shape index (κ1) is 14.2. The molecule has 0 heterocycles. The second kappa shape index (κ2) is 6.31. The number of rotatable bonds is 4. The second-order valence-electron chi connectivity index (χ2n) is 4.95. The minimum Gasteiger partial charge on any atom is -0.295 e. The minimum atomic E-state index is -0.212. The Hall–Kier alpha value is -2.18. The van der Waals surface area contributed by atoms with Crippen LogP contribution < -0.4 is 0 Å². The van der Waals surface area contributed by atoms with Crippen LogP contribution in [0.2, 0.25) is 0 Å². The van der Waals surface area contributed by atoms with Crippen molar-refractivity contribution in [3.8, 4) is 6.07 Å². The van der Waals surface area contributed by atoms with Crippen LogP contribution in [0.5, 0.6) is 0 Å². The quantitative estimate of drug-likeness (QED) is 0.841. The first-order valence-corrected chi connectivity index (χ1v) is 6.55. The van der Waals surface area contributed by atoms with Gasteiger partial charge < -0.3 is 0 Å². The number of hydrogen-bond acceptors (Lipinski definition) is 2. The summed E-state index contributed by atoms with van der Waals surface area (Å²) >= 11 is 0. The van der Waals surface area contributed by atoms with Crippen molar-refractivity contribution in [2.75, 3.05) is 7.05 Å². The number of halogens is 1. The highest BCUT2D eigenvalue weighted by molar-refractivity contribution is 5.31. The molecule has 0 radical (unpaired) electrons. The van der Waals surface area contributed by atoms with Crippen molar-refractivity contribution >= 4 is 0 Å². The van der Waals surface area contributed by atoms with Crippen LogP contribution in [0.4, 0.5) is 4.39 Å². The highest BCUT2D eigenvalue weighted by Gasteiger charge is 2.12. The molecule has 0 fully saturated rings. The van der Waals surface area contributed by atoms with E-state index in [1.807, 2.05) is 43.4 Å². The van der Waals surface area contributed by atoms with E-state index < -0.39 is 0 Å². The summed E-state index contributed by atoms with van der Waals surface area (Å²) in [7, 11) is 2.03. The van der Waals surface area contributed by atoms with Gasteiger partial charge in [-0.25, -0.2) is 4.39 Å². The lowest BCUT2D eigenvalue weighted by molar-refractivity contribution is 0.253. The topological polar surface area (TPSA) is 27.0 Å². The van der Waals surface area contributed by atoms with E-state index in [0.717, 1.165) is 17.7 Å². The fourth-order valence-corrected chi connectivity index (χ4v) is 2.11.